The molecule has 0 bridgehead atoms. The van der Waals surface area contributed by atoms with Gasteiger partial charge in [-0.15, -0.1) is 0 Å². The number of aromatic nitrogens is 1. The summed E-state index contributed by atoms with van der Waals surface area (Å²) in [4.78, 5) is 14.9. The largest absolute Gasteiger partial charge is 0.361 e. The van der Waals surface area contributed by atoms with Crippen molar-refractivity contribution in [2.24, 2.45) is 0 Å². The van der Waals surface area contributed by atoms with Crippen molar-refractivity contribution in [3.05, 3.63) is 36.0 Å². The van der Waals surface area contributed by atoms with E-state index in [0.29, 0.717) is 13.1 Å². The van der Waals surface area contributed by atoms with Gasteiger partial charge in [-0.2, -0.15) is 0 Å². The van der Waals surface area contributed by atoms with Crippen molar-refractivity contribution in [3.63, 3.8) is 0 Å². The summed E-state index contributed by atoms with van der Waals surface area (Å²) in [6.45, 7) is 6.94. The van der Waals surface area contributed by atoms with Gasteiger partial charge in [0.15, 0.2) is 0 Å². The lowest BCUT2D eigenvalue weighted by Gasteiger charge is -2.20. The number of para-hydroxylation sites is 1. The highest BCUT2D eigenvalue weighted by Gasteiger charge is 2.13. The first-order valence-electron chi connectivity index (χ1n) is 6.52. The summed E-state index contributed by atoms with van der Waals surface area (Å²) in [5, 5.41) is 7.30. The molecule has 1 aromatic carbocycles. The van der Waals surface area contributed by atoms with E-state index in [1.54, 1.807) is 0 Å². The van der Waals surface area contributed by atoms with Crippen LogP contribution in [0.2, 0.25) is 0 Å². The third-order valence-electron chi connectivity index (χ3n) is 2.79. The lowest BCUT2D eigenvalue weighted by molar-refractivity contribution is -0.121. The van der Waals surface area contributed by atoms with Gasteiger partial charge < -0.3 is 15.6 Å². The van der Waals surface area contributed by atoms with Gasteiger partial charge in [-0.05, 0) is 32.4 Å². The highest BCUT2D eigenvalue weighted by Crippen LogP contribution is 2.17. The number of hydrogen-bond acceptors (Lipinski definition) is 2. The molecule has 1 aromatic heterocycles. The Hall–Kier alpha value is -1.81. The van der Waals surface area contributed by atoms with Gasteiger partial charge >= 0.3 is 0 Å². The number of nitrogens with one attached hydrogen (secondary N) is 3. The van der Waals surface area contributed by atoms with E-state index in [1.807, 2.05) is 45.2 Å². The maximum Gasteiger partial charge on any atom is 0.234 e. The molecule has 4 heteroatoms. The predicted octanol–water partition coefficient (Wildman–Crippen LogP) is 2.17. The fraction of sp³-hybridized carbons (Fsp3) is 0.400. The molecule has 0 radical (unpaired) electrons. The highest BCUT2D eigenvalue weighted by molar-refractivity contribution is 5.83. The standard InChI is InChI=1S/C15H21N3O/c1-15(2,3)18-14(19)10-16-8-11-9-17-13-7-5-4-6-12(11)13/h4-7,9,16-17H,8,10H2,1-3H3,(H,18,19). The van der Waals surface area contributed by atoms with Crippen LogP contribution in [0.4, 0.5) is 0 Å². The second-order valence-corrected chi connectivity index (χ2v) is 5.76. The Morgan fingerprint density at radius 3 is 2.74 bits per heavy atom. The smallest absolute Gasteiger partial charge is 0.234 e. The van der Waals surface area contributed by atoms with Crippen molar-refractivity contribution in [1.82, 2.24) is 15.6 Å². The van der Waals surface area contributed by atoms with Gasteiger partial charge in [0, 0.05) is 29.2 Å². The van der Waals surface area contributed by atoms with Crippen LogP contribution in [-0.4, -0.2) is 23.0 Å². The van der Waals surface area contributed by atoms with E-state index in [4.69, 9.17) is 0 Å². The van der Waals surface area contributed by atoms with Crippen LogP contribution in [0, 0.1) is 0 Å². The number of amides is 1. The maximum absolute atomic E-state index is 11.7. The van der Waals surface area contributed by atoms with Crippen LogP contribution in [0.3, 0.4) is 0 Å². The van der Waals surface area contributed by atoms with Crippen LogP contribution in [0.1, 0.15) is 26.3 Å². The number of hydrogen-bond donors (Lipinski definition) is 3. The van der Waals surface area contributed by atoms with E-state index in [0.717, 1.165) is 5.52 Å². The van der Waals surface area contributed by atoms with Crippen LogP contribution in [0.15, 0.2) is 30.5 Å². The van der Waals surface area contributed by atoms with E-state index in [2.05, 4.69) is 21.7 Å². The summed E-state index contributed by atoms with van der Waals surface area (Å²) in [6.07, 6.45) is 1.99. The summed E-state index contributed by atoms with van der Waals surface area (Å²) in [6, 6.07) is 8.15. The topological polar surface area (TPSA) is 56.9 Å². The van der Waals surface area contributed by atoms with Crippen molar-refractivity contribution < 1.29 is 4.79 Å². The van der Waals surface area contributed by atoms with Gasteiger partial charge in [0.2, 0.25) is 5.91 Å². The lowest BCUT2D eigenvalue weighted by Crippen LogP contribution is -2.44. The predicted molar refractivity (Wildman–Crippen MR) is 77.9 cm³/mol. The molecule has 1 amide bonds. The molecule has 4 nitrogen and oxygen atoms in total. The monoisotopic (exact) mass is 259 g/mol. The molecule has 102 valence electrons. The second-order valence-electron chi connectivity index (χ2n) is 5.76. The van der Waals surface area contributed by atoms with E-state index < -0.39 is 0 Å². The fourth-order valence-electron chi connectivity index (χ4n) is 2.05. The van der Waals surface area contributed by atoms with Crippen LogP contribution < -0.4 is 10.6 Å². The van der Waals surface area contributed by atoms with Crippen molar-refractivity contribution in [2.75, 3.05) is 6.54 Å². The molecule has 0 saturated carbocycles. The molecule has 2 rings (SSSR count). The third-order valence-corrected chi connectivity index (χ3v) is 2.79. The minimum Gasteiger partial charge on any atom is -0.361 e. The van der Waals surface area contributed by atoms with Crippen LogP contribution in [0.5, 0.6) is 0 Å². The number of benzene rings is 1. The molecule has 0 saturated heterocycles. The van der Waals surface area contributed by atoms with Gasteiger partial charge in [-0.3, -0.25) is 4.79 Å². The first-order chi connectivity index (χ1) is 8.96. The number of rotatable bonds is 4. The maximum atomic E-state index is 11.7. The van der Waals surface area contributed by atoms with Crippen molar-refractivity contribution in [1.29, 1.82) is 0 Å². The Morgan fingerprint density at radius 1 is 1.26 bits per heavy atom. The fourth-order valence-corrected chi connectivity index (χ4v) is 2.05. The number of carbonyl (C=O) groups is 1. The molecule has 0 atom stereocenters. The van der Waals surface area contributed by atoms with Crippen LogP contribution in [-0.2, 0) is 11.3 Å². The Kier molecular flexibility index (Phi) is 3.90. The SMILES string of the molecule is CC(C)(C)NC(=O)CNCc1c[nH]c2ccccc12. The zero-order valence-corrected chi connectivity index (χ0v) is 11.7. The average Bonchev–Trinajstić information content (AvgIpc) is 2.70. The van der Waals surface area contributed by atoms with Crippen molar-refractivity contribution >= 4 is 16.8 Å². The summed E-state index contributed by atoms with van der Waals surface area (Å²) in [5.74, 6) is 0.0207. The molecule has 0 unspecified atom stereocenters. The minimum absolute atomic E-state index is 0.0207. The van der Waals surface area contributed by atoms with Crippen molar-refractivity contribution in [2.45, 2.75) is 32.9 Å². The molecule has 19 heavy (non-hydrogen) atoms. The van der Waals surface area contributed by atoms with E-state index >= 15 is 0 Å². The van der Waals surface area contributed by atoms with E-state index in [1.165, 1.54) is 10.9 Å². The average molecular weight is 259 g/mol. The Bertz CT molecular complexity index is 566. The van der Waals surface area contributed by atoms with Gasteiger partial charge in [-0.1, -0.05) is 18.2 Å². The normalized spacial score (nSPS) is 11.7. The molecular weight excluding hydrogens is 238 g/mol. The molecule has 0 aliphatic heterocycles. The first-order valence-corrected chi connectivity index (χ1v) is 6.52. The van der Waals surface area contributed by atoms with Crippen LogP contribution >= 0.6 is 0 Å². The Morgan fingerprint density at radius 2 is 2.00 bits per heavy atom. The molecule has 0 aliphatic rings. The number of aromatic amines is 1. The quantitative estimate of drug-likeness (QED) is 0.788. The molecule has 0 aliphatic carbocycles. The highest BCUT2D eigenvalue weighted by atomic mass is 16.2. The Labute approximate surface area is 113 Å². The molecule has 0 spiro atoms. The van der Waals surface area contributed by atoms with Gasteiger partial charge in [0.1, 0.15) is 0 Å². The first kappa shape index (κ1) is 13.6. The van der Waals surface area contributed by atoms with E-state index in [9.17, 15) is 4.79 Å². The Balaban J connectivity index is 1.88. The number of H-pyrrole nitrogens is 1. The minimum atomic E-state index is -0.181. The number of fused-ring (bicyclic) bond motifs is 1. The summed E-state index contributed by atoms with van der Waals surface area (Å²) in [7, 11) is 0. The molecule has 3 N–H and O–H groups in total. The van der Waals surface area contributed by atoms with Crippen LogP contribution in [0.25, 0.3) is 10.9 Å². The van der Waals surface area contributed by atoms with Crippen molar-refractivity contribution in [3.8, 4) is 0 Å². The summed E-state index contributed by atoms with van der Waals surface area (Å²) in [5.41, 5.74) is 2.12. The molecule has 0 fully saturated rings. The molecule has 1 heterocycles. The third kappa shape index (κ3) is 3.83. The summed E-state index contributed by atoms with van der Waals surface area (Å²) < 4.78 is 0. The lowest BCUT2D eigenvalue weighted by atomic mass is 10.1. The van der Waals surface area contributed by atoms with E-state index in [-0.39, 0.29) is 11.4 Å². The zero-order valence-electron chi connectivity index (χ0n) is 11.7. The van der Waals surface area contributed by atoms with Gasteiger partial charge in [0.25, 0.3) is 0 Å². The zero-order chi connectivity index (χ0) is 13.9. The second kappa shape index (κ2) is 5.45. The number of carbonyl (C=O) groups excluding carboxylic acids is 1. The van der Waals surface area contributed by atoms with Gasteiger partial charge in [-0.25, -0.2) is 0 Å². The molecular formula is C15H21N3O. The molecule has 2 aromatic rings. The summed E-state index contributed by atoms with van der Waals surface area (Å²) >= 11 is 0. The van der Waals surface area contributed by atoms with Gasteiger partial charge in [0.05, 0.1) is 6.54 Å².